The van der Waals surface area contributed by atoms with Crippen molar-refractivity contribution in [2.24, 2.45) is 0 Å². The van der Waals surface area contributed by atoms with Gasteiger partial charge >= 0.3 is 0 Å². The van der Waals surface area contributed by atoms with E-state index in [1.165, 1.54) is 0 Å². The number of carbonyl (C=O) groups excluding carboxylic acids is 1. The minimum Gasteiger partial charge on any atom is -0.493 e. The molecular formula is C30H31BrN2O5. The van der Waals surface area contributed by atoms with Crippen LogP contribution >= 0.6 is 15.9 Å². The summed E-state index contributed by atoms with van der Waals surface area (Å²) in [7, 11) is 4.85. The van der Waals surface area contributed by atoms with Gasteiger partial charge in [-0.25, -0.2) is 0 Å². The van der Waals surface area contributed by atoms with Crippen LogP contribution in [-0.4, -0.2) is 33.7 Å². The average molecular weight is 579 g/mol. The van der Waals surface area contributed by atoms with Crippen LogP contribution in [0.2, 0.25) is 0 Å². The Morgan fingerprint density at radius 1 is 0.868 bits per heavy atom. The van der Waals surface area contributed by atoms with Crippen molar-refractivity contribution in [3.63, 3.8) is 0 Å². The Labute approximate surface area is 231 Å². The van der Waals surface area contributed by atoms with E-state index in [0.29, 0.717) is 42.4 Å². The van der Waals surface area contributed by atoms with E-state index in [-0.39, 0.29) is 17.7 Å². The van der Waals surface area contributed by atoms with Crippen molar-refractivity contribution < 1.29 is 23.7 Å². The standard InChI is InChI=1S/C30H31BrN2O5/c1-5-38-25-11-10-17(15-26(25)35-2)18-13-23-28(24(34)14-18)29(33-22-9-7-6-8-21(22)32-23)19-12-20(31)30(37-4)27(16-19)36-3/h6-12,15-16,18,29,32-33H,5,13-14H2,1-4H3/t18-,29-/m1/s1. The van der Waals surface area contributed by atoms with E-state index in [2.05, 4.69) is 26.6 Å². The molecule has 8 heteroatoms. The average Bonchev–Trinajstić information content (AvgIpc) is 3.10. The molecule has 0 saturated heterocycles. The summed E-state index contributed by atoms with van der Waals surface area (Å²) >= 11 is 3.62. The van der Waals surface area contributed by atoms with Gasteiger partial charge in [-0.2, -0.15) is 0 Å². The molecule has 0 spiro atoms. The number of rotatable bonds is 7. The highest BCUT2D eigenvalue weighted by molar-refractivity contribution is 9.10. The summed E-state index contributed by atoms with van der Waals surface area (Å²) in [6.07, 6.45) is 1.07. The van der Waals surface area contributed by atoms with Gasteiger partial charge in [0.2, 0.25) is 0 Å². The molecule has 3 aromatic rings. The van der Waals surface area contributed by atoms with Crippen LogP contribution in [0.4, 0.5) is 11.4 Å². The van der Waals surface area contributed by atoms with E-state index in [1.54, 1.807) is 21.3 Å². The first kappa shape index (κ1) is 26.0. The molecule has 7 nitrogen and oxygen atoms in total. The summed E-state index contributed by atoms with van der Waals surface area (Å²) in [5, 5.41) is 7.21. The number of Topliss-reactive ketones (excluding diaryl/α,β-unsaturated/α-hetero) is 1. The van der Waals surface area contributed by atoms with Gasteiger partial charge in [0.1, 0.15) is 0 Å². The second kappa shape index (κ2) is 11.0. The lowest BCUT2D eigenvalue weighted by Gasteiger charge is -2.30. The third-order valence-corrected chi connectivity index (χ3v) is 7.65. The molecule has 1 aliphatic carbocycles. The molecule has 0 amide bonds. The first-order valence-electron chi connectivity index (χ1n) is 12.6. The van der Waals surface area contributed by atoms with Crippen molar-refractivity contribution in [2.45, 2.75) is 31.7 Å². The Balaban J connectivity index is 1.59. The van der Waals surface area contributed by atoms with Gasteiger partial charge in [-0.1, -0.05) is 18.2 Å². The quantitative estimate of drug-likeness (QED) is 0.317. The van der Waals surface area contributed by atoms with E-state index in [0.717, 1.165) is 38.2 Å². The van der Waals surface area contributed by atoms with Crippen molar-refractivity contribution in [1.82, 2.24) is 0 Å². The zero-order chi connectivity index (χ0) is 26.8. The Bertz CT molecular complexity index is 1400. The number of hydrogen-bond acceptors (Lipinski definition) is 7. The molecule has 1 heterocycles. The van der Waals surface area contributed by atoms with Crippen LogP contribution < -0.4 is 29.6 Å². The zero-order valence-electron chi connectivity index (χ0n) is 21.9. The summed E-state index contributed by atoms with van der Waals surface area (Å²) in [4.78, 5) is 13.9. The Kier molecular flexibility index (Phi) is 7.51. The molecule has 0 saturated carbocycles. The third kappa shape index (κ3) is 4.80. The predicted molar refractivity (Wildman–Crippen MR) is 152 cm³/mol. The number of halogens is 1. The molecule has 0 fully saturated rings. The number of ketones is 1. The lowest BCUT2D eigenvalue weighted by atomic mass is 9.78. The SMILES string of the molecule is CCOc1ccc([C@H]2CC(=O)C3=C(C2)Nc2ccccc2N[C@@H]3c2cc(Br)c(OC)c(OC)c2)cc1OC. The number of fused-ring (bicyclic) bond motifs is 1. The molecule has 2 atom stereocenters. The van der Waals surface area contributed by atoms with Crippen molar-refractivity contribution in [3.05, 3.63) is 81.5 Å². The molecule has 3 aromatic carbocycles. The van der Waals surface area contributed by atoms with E-state index in [1.807, 2.05) is 61.5 Å². The van der Waals surface area contributed by atoms with Gasteiger partial charge in [-0.3, -0.25) is 4.79 Å². The number of anilines is 2. The number of ether oxygens (including phenoxy) is 4. The summed E-state index contributed by atoms with van der Waals surface area (Å²) in [6, 6.07) is 17.5. The molecule has 0 aromatic heterocycles. The van der Waals surface area contributed by atoms with Crippen molar-refractivity contribution >= 4 is 33.1 Å². The smallest absolute Gasteiger partial charge is 0.174 e. The van der Waals surface area contributed by atoms with Gasteiger partial charge in [0.05, 0.1) is 49.8 Å². The zero-order valence-corrected chi connectivity index (χ0v) is 23.5. The van der Waals surface area contributed by atoms with Gasteiger partial charge < -0.3 is 29.6 Å². The number of hydrogen-bond donors (Lipinski definition) is 2. The monoisotopic (exact) mass is 578 g/mol. The number of nitrogens with one attached hydrogen (secondary N) is 2. The number of carbonyl (C=O) groups is 1. The lowest BCUT2D eigenvalue weighted by molar-refractivity contribution is -0.116. The molecule has 0 unspecified atom stereocenters. The maximum atomic E-state index is 13.9. The van der Waals surface area contributed by atoms with E-state index < -0.39 is 0 Å². The van der Waals surface area contributed by atoms with Crippen LogP contribution in [0.3, 0.4) is 0 Å². The highest BCUT2D eigenvalue weighted by Gasteiger charge is 2.37. The Morgan fingerprint density at radius 2 is 1.61 bits per heavy atom. The fourth-order valence-electron chi connectivity index (χ4n) is 5.30. The molecule has 198 valence electrons. The molecule has 2 aliphatic rings. The van der Waals surface area contributed by atoms with E-state index in [4.69, 9.17) is 18.9 Å². The van der Waals surface area contributed by atoms with Gasteiger partial charge in [0.15, 0.2) is 28.8 Å². The number of allylic oxidation sites excluding steroid dienone is 1. The molecule has 0 bridgehead atoms. The minimum atomic E-state index is -0.374. The fourth-order valence-corrected chi connectivity index (χ4v) is 5.92. The maximum absolute atomic E-state index is 13.9. The largest absolute Gasteiger partial charge is 0.493 e. The highest BCUT2D eigenvalue weighted by Crippen LogP contribution is 2.47. The fraction of sp³-hybridized carbons (Fsp3) is 0.300. The van der Waals surface area contributed by atoms with Crippen LogP contribution in [0.15, 0.2) is 70.3 Å². The predicted octanol–water partition coefficient (Wildman–Crippen LogP) is 6.85. The topological polar surface area (TPSA) is 78.1 Å². The number of methoxy groups -OCH3 is 3. The molecule has 1 aliphatic heterocycles. The van der Waals surface area contributed by atoms with Crippen LogP contribution in [0.25, 0.3) is 0 Å². The van der Waals surface area contributed by atoms with Gasteiger partial charge in [-0.15, -0.1) is 0 Å². The van der Waals surface area contributed by atoms with Crippen molar-refractivity contribution in [1.29, 1.82) is 0 Å². The second-order valence-electron chi connectivity index (χ2n) is 9.25. The summed E-state index contributed by atoms with van der Waals surface area (Å²) in [5.41, 5.74) is 5.43. The van der Waals surface area contributed by atoms with Crippen molar-refractivity contribution in [3.8, 4) is 23.0 Å². The first-order valence-corrected chi connectivity index (χ1v) is 13.4. The molecule has 0 radical (unpaired) electrons. The van der Waals surface area contributed by atoms with Crippen LogP contribution in [0.1, 0.15) is 42.9 Å². The minimum absolute atomic E-state index is 0.00128. The van der Waals surface area contributed by atoms with Crippen LogP contribution in [0, 0.1) is 0 Å². The lowest BCUT2D eigenvalue weighted by Crippen LogP contribution is -2.27. The maximum Gasteiger partial charge on any atom is 0.174 e. The van der Waals surface area contributed by atoms with Crippen molar-refractivity contribution in [2.75, 3.05) is 38.6 Å². The van der Waals surface area contributed by atoms with Crippen LogP contribution in [-0.2, 0) is 4.79 Å². The number of benzene rings is 3. The molecule has 38 heavy (non-hydrogen) atoms. The highest BCUT2D eigenvalue weighted by atomic mass is 79.9. The second-order valence-corrected chi connectivity index (χ2v) is 10.1. The molecular weight excluding hydrogens is 548 g/mol. The van der Waals surface area contributed by atoms with Gasteiger partial charge in [-0.05, 0) is 82.7 Å². The van der Waals surface area contributed by atoms with E-state index >= 15 is 0 Å². The summed E-state index contributed by atoms with van der Waals surface area (Å²) in [6.45, 7) is 2.50. The number of para-hydroxylation sites is 2. The van der Waals surface area contributed by atoms with Gasteiger partial charge in [0, 0.05) is 17.7 Å². The van der Waals surface area contributed by atoms with Crippen LogP contribution in [0.5, 0.6) is 23.0 Å². The normalized spacial score (nSPS) is 18.4. The summed E-state index contributed by atoms with van der Waals surface area (Å²) in [5.74, 6) is 2.66. The summed E-state index contributed by atoms with van der Waals surface area (Å²) < 4.78 is 23.2. The molecule has 2 N–H and O–H groups in total. The van der Waals surface area contributed by atoms with Gasteiger partial charge in [0.25, 0.3) is 0 Å². The van der Waals surface area contributed by atoms with E-state index in [9.17, 15) is 4.79 Å². The first-order chi connectivity index (χ1) is 18.5. The third-order valence-electron chi connectivity index (χ3n) is 7.06. The molecule has 5 rings (SSSR count). The Hall–Kier alpha value is -3.65. The Morgan fingerprint density at radius 3 is 2.32 bits per heavy atom.